The Balaban J connectivity index is 0.00000240. The molecule has 0 radical (unpaired) electrons. The maximum absolute atomic E-state index is 6.15. The van der Waals surface area contributed by atoms with E-state index in [0.29, 0.717) is 0 Å². The van der Waals surface area contributed by atoms with Gasteiger partial charge >= 0.3 is 0 Å². The predicted molar refractivity (Wildman–Crippen MR) is 139 cm³/mol. The zero-order chi connectivity index (χ0) is 23.5. The molecule has 2 aliphatic rings. The molecule has 0 atom stereocenters. The Bertz CT molecular complexity index is 1600. The number of nitrogens with zero attached hydrogens (tertiary/aromatic N) is 2. The maximum atomic E-state index is 6.15. The Labute approximate surface area is 217 Å². The summed E-state index contributed by atoms with van der Waals surface area (Å²) in [5.41, 5.74) is 10.4. The van der Waals surface area contributed by atoms with Crippen molar-refractivity contribution in [2.45, 2.75) is 39.8 Å². The molecule has 0 N–H and O–H groups in total. The molecule has 0 spiro atoms. The molecule has 0 fully saturated rings. The molecule has 7 rings (SSSR count). The lowest BCUT2D eigenvalue weighted by Crippen LogP contribution is -3.00. The van der Waals surface area contributed by atoms with Gasteiger partial charge < -0.3 is 21.9 Å². The molecule has 4 aromatic carbocycles. The Kier molecular flexibility index (Phi) is 5.65. The van der Waals surface area contributed by atoms with Crippen LogP contribution in [0, 0.1) is 13.8 Å². The van der Waals surface area contributed by atoms with Crippen LogP contribution in [0.3, 0.4) is 0 Å². The molecule has 3 heterocycles. The van der Waals surface area contributed by atoms with Crippen LogP contribution in [0.15, 0.2) is 67.0 Å². The van der Waals surface area contributed by atoms with Crippen molar-refractivity contribution in [2.75, 3.05) is 13.2 Å². The fraction of sp³-hybridized carbons (Fsp3) is 0.258. The van der Waals surface area contributed by atoms with Crippen molar-refractivity contribution in [3.8, 4) is 11.5 Å². The van der Waals surface area contributed by atoms with Gasteiger partial charge in [-0.25, -0.2) is 9.13 Å². The summed E-state index contributed by atoms with van der Waals surface area (Å²) < 4.78 is 16.9. The highest BCUT2D eigenvalue weighted by atomic mass is 35.5. The van der Waals surface area contributed by atoms with Crippen molar-refractivity contribution in [3.63, 3.8) is 0 Å². The summed E-state index contributed by atoms with van der Waals surface area (Å²) in [6, 6.07) is 22.2. The lowest BCUT2D eigenvalue weighted by molar-refractivity contribution is -0.663. The third kappa shape index (κ3) is 3.72. The SMILES string of the molecule is Cc1cc2c(cc1C)[n+](Cc1ccc3ccccc3c1)cn2Cc1c2c(cc3c1OCC3)OCC2.[Cl-]. The van der Waals surface area contributed by atoms with Crippen LogP contribution >= 0.6 is 0 Å². The van der Waals surface area contributed by atoms with Crippen LogP contribution in [0.25, 0.3) is 21.8 Å². The van der Waals surface area contributed by atoms with Gasteiger partial charge in [0.25, 0.3) is 0 Å². The van der Waals surface area contributed by atoms with Crippen molar-refractivity contribution in [3.05, 3.63) is 100 Å². The topological polar surface area (TPSA) is 27.3 Å². The minimum Gasteiger partial charge on any atom is -1.00 e. The molecular weight excluding hydrogens is 468 g/mol. The first kappa shape index (κ1) is 22.9. The molecule has 2 aliphatic heterocycles. The molecule has 4 nitrogen and oxygen atoms in total. The second-order valence-corrected chi connectivity index (χ2v) is 9.99. The molecule has 0 saturated carbocycles. The number of aromatic nitrogens is 2. The molecule has 5 heteroatoms. The van der Waals surface area contributed by atoms with E-state index in [1.165, 1.54) is 55.2 Å². The number of hydrogen-bond donors (Lipinski definition) is 0. The van der Waals surface area contributed by atoms with Gasteiger partial charge in [-0.3, -0.25) is 0 Å². The number of rotatable bonds is 4. The summed E-state index contributed by atoms with van der Waals surface area (Å²) in [5, 5.41) is 2.57. The van der Waals surface area contributed by atoms with E-state index in [0.717, 1.165) is 50.6 Å². The van der Waals surface area contributed by atoms with Gasteiger partial charge in [0.15, 0.2) is 11.0 Å². The van der Waals surface area contributed by atoms with Crippen molar-refractivity contribution in [1.29, 1.82) is 0 Å². The summed E-state index contributed by atoms with van der Waals surface area (Å²) in [6.07, 6.45) is 4.21. The largest absolute Gasteiger partial charge is 1.00 e. The number of fused-ring (bicyclic) bond motifs is 4. The number of ether oxygens (including phenoxy) is 2. The average Bonchev–Trinajstić information content (AvgIpc) is 3.59. The smallest absolute Gasteiger partial charge is 0.245 e. The number of aryl methyl sites for hydroxylation is 2. The fourth-order valence-corrected chi connectivity index (χ4v) is 5.75. The minimum atomic E-state index is 0. The number of halogens is 1. The molecule has 182 valence electrons. The van der Waals surface area contributed by atoms with Gasteiger partial charge in [-0.1, -0.05) is 36.4 Å². The van der Waals surface area contributed by atoms with Crippen molar-refractivity contribution in [2.24, 2.45) is 0 Å². The highest BCUT2D eigenvalue weighted by Crippen LogP contribution is 2.41. The summed E-state index contributed by atoms with van der Waals surface area (Å²) in [7, 11) is 0. The van der Waals surface area contributed by atoms with E-state index >= 15 is 0 Å². The van der Waals surface area contributed by atoms with Crippen molar-refractivity contribution < 1.29 is 26.4 Å². The van der Waals surface area contributed by atoms with Crippen LogP contribution < -0.4 is 26.4 Å². The fourth-order valence-electron chi connectivity index (χ4n) is 5.75. The van der Waals surface area contributed by atoms with Gasteiger partial charge in [-0.15, -0.1) is 0 Å². The number of hydrogen-bond acceptors (Lipinski definition) is 2. The third-order valence-corrected chi connectivity index (χ3v) is 7.74. The molecule has 0 aliphatic carbocycles. The van der Waals surface area contributed by atoms with Gasteiger partial charge in [0, 0.05) is 29.5 Å². The van der Waals surface area contributed by atoms with Gasteiger partial charge in [0.1, 0.15) is 24.6 Å². The zero-order valence-electron chi connectivity index (χ0n) is 20.7. The summed E-state index contributed by atoms with van der Waals surface area (Å²) in [5.74, 6) is 2.14. The molecule has 5 aromatic rings. The van der Waals surface area contributed by atoms with Crippen LogP contribution in [0.5, 0.6) is 11.5 Å². The molecule has 0 amide bonds. The van der Waals surface area contributed by atoms with E-state index in [2.05, 4.69) is 90.0 Å². The van der Waals surface area contributed by atoms with Crippen LogP contribution in [-0.2, 0) is 25.9 Å². The van der Waals surface area contributed by atoms with Gasteiger partial charge in [0.05, 0.1) is 13.2 Å². The molecule has 1 aromatic heterocycles. The standard InChI is InChI=1S/C31H29N2O2.ClH/c1-20-13-28-29(14-21(20)2)33(18-27-26-10-12-34-30(26)16-25-9-11-35-31(25)27)19-32(28)17-22-7-8-23-5-3-4-6-24(23)15-22;/h3-8,13-16,19H,9-12,17-18H2,1-2H3;1H/q+1;/p-1. The monoisotopic (exact) mass is 496 g/mol. The summed E-state index contributed by atoms with van der Waals surface area (Å²) >= 11 is 0. The lowest BCUT2D eigenvalue weighted by Gasteiger charge is -2.11. The third-order valence-electron chi connectivity index (χ3n) is 7.74. The van der Waals surface area contributed by atoms with E-state index < -0.39 is 0 Å². The first-order valence-corrected chi connectivity index (χ1v) is 12.5. The Morgan fingerprint density at radius 2 is 1.67 bits per heavy atom. The van der Waals surface area contributed by atoms with E-state index in [-0.39, 0.29) is 12.4 Å². The molecule has 0 bridgehead atoms. The molecule has 0 unspecified atom stereocenters. The van der Waals surface area contributed by atoms with E-state index in [1.54, 1.807) is 0 Å². The number of benzene rings is 4. The van der Waals surface area contributed by atoms with Gasteiger partial charge in [-0.05, 0) is 65.6 Å². The molecular formula is C31H29ClN2O2. The molecule has 36 heavy (non-hydrogen) atoms. The first-order chi connectivity index (χ1) is 17.1. The van der Waals surface area contributed by atoms with Crippen LogP contribution in [0.4, 0.5) is 0 Å². The van der Waals surface area contributed by atoms with Crippen molar-refractivity contribution >= 4 is 21.8 Å². The average molecular weight is 497 g/mol. The predicted octanol–water partition coefficient (Wildman–Crippen LogP) is 2.67. The molecule has 0 saturated heterocycles. The minimum absolute atomic E-state index is 0. The maximum Gasteiger partial charge on any atom is 0.245 e. The Morgan fingerprint density at radius 1 is 0.861 bits per heavy atom. The highest BCUT2D eigenvalue weighted by molar-refractivity contribution is 5.83. The second-order valence-electron chi connectivity index (χ2n) is 9.99. The first-order valence-electron chi connectivity index (χ1n) is 12.5. The van der Waals surface area contributed by atoms with E-state index in [9.17, 15) is 0 Å². The van der Waals surface area contributed by atoms with E-state index in [4.69, 9.17) is 9.47 Å². The zero-order valence-corrected chi connectivity index (χ0v) is 21.4. The van der Waals surface area contributed by atoms with Crippen LogP contribution in [0.2, 0.25) is 0 Å². The number of imidazole rings is 1. The highest BCUT2D eigenvalue weighted by Gasteiger charge is 2.29. The Hall–Kier alpha value is -3.50. The summed E-state index contributed by atoms with van der Waals surface area (Å²) in [4.78, 5) is 0. The van der Waals surface area contributed by atoms with Crippen LogP contribution in [0.1, 0.15) is 33.4 Å². The van der Waals surface area contributed by atoms with E-state index in [1.807, 2.05) is 0 Å². The van der Waals surface area contributed by atoms with Crippen molar-refractivity contribution in [1.82, 2.24) is 4.57 Å². The van der Waals surface area contributed by atoms with Gasteiger partial charge in [0.2, 0.25) is 6.33 Å². The second kappa shape index (κ2) is 8.86. The summed E-state index contributed by atoms with van der Waals surface area (Å²) in [6.45, 7) is 7.55. The normalized spacial score (nSPS) is 13.8. The Morgan fingerprint density at radius 3 is 2.56 bits per heavy atom. The lowest BCUT2D eigenvalue weighted by atomic mass is 9.99. The van der Waals surface area contributed by atoms with Gasteiger partial charge in [-0.2, -0.15) is 0 Å². The quantitative estimate of drug-likeness (QED) is 0.358. The van der Waals surface area contributed by atoms with Crippen LogP contribution in [-0.4, -0.2) is 17.8 Å².